The number of hydrogen-bond acceptors (Lipinski definition) is 5. The lowest BCUT2D eigenvalue weighted by molar-refractivity contribution is -0.130. The summed E-state index contributed by atoms with van der Waals surface area (Å²) in [6, 6.07) is 7.11. The lowest BCUT2D eigenvalue weighted by Gasteiger charge is -2.36. The fourth-order valence-electron chi connectivity index (χ4n) is 2.64. The average Bonchev–Trinajstić information content (AvgIpc) is 2.57. The van der Waals surface area contributed by atoms with Crippen molar-refractivity contribution in [2.24, 2.45) is 0 Å². The molecule has 0 saturated carbocycles. The molecule has 1 fully saturated rings. The number of carbonyl (C=O) groups is 2. The monoisotopic (exact) mass is 351 g/mol. The summed E-state index contributed by atoms with van der Waals surface area (Å²) in [7, 11) is 3.43. The molecule has 1 aromatic carbocycles. The Morgan fingerprint density at radius 3 is 2.54 bits per heavy atom. The molecular weight excluding hydrogens is 326 g/mol. The lowest BCUT2D eigenvalue weighted by atomic mass is 10.0. The topological polar surface area (TPSA) is 72.9 Å². The molecule has 2 atom stereocenters. The molecule has 1 aliphatic heterocycles. The predicted octanol–water partition coefficient (Wildman–Crippen LogP) is 0.662. The van der Waals surface area contributed by atoms with Gasteiger partial charge in [0.15, 0.2) is 0 Å². The van der Waals surface area contributed by atoms with Gasteiger partial charge < -0.3 is 15.3 Å². The van der Waals surface area contributed by atoms with Crippen molar-refractivity contribution in [2.45, 2.75) is 23.5 Å². The van der Waals surface area contributed by atoms with E-state index in [1.165, 1.54) is 0 Å². The second kappa shape index (κ2) is 8.50. The molecule has 2 N–H and O–H groups in total. The summed E-state index contributed by atoms with van der Waals surface area (Å²) >= 11 is 1.62. The molecule has 0 aromatic heterocycles. The number of likely N-dealkylation sites (N-methyl/N-ethyl adjacent to an activating group) is 1. The highest BCUT2D eigenvalue weighted by Gasteiger charge is 2.30. The van der Waals surface area contributed by atoms with E-state index in [0.717, 1.165) is 4.90 Å². The van der Waals surface area contributed by atoms with Crippen LogP contribution in [0.3, 0.4) is 0 Å². The van der Waals surface area contributed by atoms with Gasteiger partial charge in [0.25, 0.3) is 5.91 Å². The Bertz CT molecular complexity index is 577. The van der Waals surface area contributed by atoms with Crippen molar-refractivity contribution < 1.29 is 14.7 Å². The normalized spacial score (nSPS) is 21.3. The summed E-state index contributed by atoms with van der Waals surface area (Å²) < 4.78 is 0. The first-order chi connectivity index (χ1) is 11.4. The van der Waals surface area contributed by atoms with E-state index in [1.54, 1.807) is 42.9 Å². The van der Waals surface area contributed by atoms with Gasteiger partial charge in [-0.2, -0.15) is 0 Å². The van der Waals surface area contributed by atoms with E-state index in [0.29, 0.717) is 31.6 Å². The van der Waals surface area contributed by atoms with Crippen molar-refractivity contribution in [3.05, 3.63) is 29.8 Å². The number of hydrogen-bond donors (Lipinski definition) is 2. The SMILES string of the molecule is CSc1ccc(C(=O)N[C@@H]2CCN(CC(=O)N(C)C)C[C@H]2O)cc1. The lowest BCUT2D eigenvalue weighted by Crippen LogP contribution is -2.55. The summed E-state index contributed by atoms with van der Waals surface area (Å²) in [5, 5.41) is 13.2. The van der Waals surface area contributed by atoms with E-state index in [9.17, 15) is 14.7 Å². The highest BCUT2D eigenvalue weighted by atomic mass is 32.2. The van der Waals surface area contributed by atoms with Gasteiger partial charge >= 0.3 is 0 Å². The van der Waals surface area contributed by atoms with Crippen LogP contribution < -0.4 is 5.32 Å². The van der Waals surface area contributed by atoms with E-state index in [4.69, 9.17) is 0 Å². The molecule has 0 aliphatic carbocycles. The molecule has 1 aliphatic rings. The highest BCUT2D eigenvalue weighted by molar-refractivity contribution is 7.98. The number of carbonyl (C=O) groups excluding carboxylic acids is 2. The fourth-order valence-corrected chi connectivity index (χ4v) is 3.04. The van der Waals surface area contributed by atoms with Gasteiger partial charge in [0.05, 0.1) is 18.7 Å². The minimum Gasteiger partial charge on any atom is -0.390 e. The molecule has 0 bridgehead atoms. The fraction of sp³-hybridized carbons (Fsp3) is 0.529. The number of β-amino-alcohol motifs (C(OH)–C–C–N with tert-alkyl or cyclic N) is 1. The molecule has 132 valence electrons. The number of aliphatic hydroxyl groups excluding tert-OH is 1. The number of piperidine rings is 1. The molecule has 1 aromatic rings. The molecule has 0 unspecified atom stereocenters. The van der Waals surface area contributed by atoms with E-state index in [2.05, 4.69) is 5.32 Å². The maximum atomic E-state index is 12.3. The quantitative estimate of drug-likeness (QED) is 0.763. The predicted molar refractivity (Wildman–Crippen MR) is 95.2 cm³/mol. The number of benzene rings is 1. The summed E-state index contributed by atoms with van der Waals surface area (Å²) in [4.78, 5) is 28.6. The van der Waals surface area contributed by atoms with Crippen molar-refractivity contribution in [3.8, 4) is 0 Å². The van der Waals surface area contributed by atoms with Crippen LogP contribution in [0.5, 0.6) is 0 Å². The Morgan fingerprint density at radius 2 is 2.00 bits per heavy atom. The van der Waals surface area contributed by atoms with Gasteiger partial charge in [0.1, 0.15) is 0 Å². The molecule has 0 radical (unpaired) electrons. The number of rotatable bonds is 5. The van der Waals surface area contributed by atoms with Crippen LogP contribution in [0.2, 0.25) is 0 Å². The number of likely N-dealkylation sites (tertiary alicyclic amines) is 1. The molecular formula is C17H25N3O3S. The van der Waals surface area contributed by atoms with Crippen molar-refractivity contribution in [2.75, 3.05) is 40.0 Å². The minimum atomic E-state index is -0.678. The van der Waals surface area contributed by atoms with E-state index < -0.39 is 6.10 Å². The largest absolute Gasteiger partial charge is 0.390 e. The van der Waals surface area contributed by atoms with E-state index in [1.807, 2.05) is 23.3 Å². The molecule has 1 saturated heterocycles. The molecule has 6 nitrogen and oxygen atoms in total. The standard InChI is InChI=1S/C17H25N3O3S/c1-19(2)16(22)11-20-9-8-14(15(21)10-20)18-17(23)12-4-6-13(24-3)7-5-12/h4-7,14-15,21H,8-11H2,1-3H3,(H,18,23)/t14-,15-/m1/s1. The third-order valence-corrected chi connectivity index (χ3v) is 4.94. The molecule has 24 heavy (non-hydrogen) atoms. The summed E-state index contributed by atoms with van der Waals surface area (Å²) in [6.45, 7) is 1.35. The molecule has 0 spiro atoms. The van der Waals surface area contributed by atoms with E-state index >= 15 is 0 Å². The Hall–Kier alpha value is -1.57. The Labute approximate surface area is 147 Å². The highest BCUT2D eigenvalue weighted by Crippen LogP contribution is 2.16. The van der Waals surface area contributed by atoms with Gasteiger partial charge in [-0.25, -0.2) is 0 Å². The molecule has 2 amide bonds. The van der Waals surface area contributed by atoms with Crippen LogP contribution in [-0.4, -0.2) is 78.9 Å². The first kappa shape index (κ1) is 18.8. The van der Waals surface area contributed by atoms with Crippen LogP contribution in [0.1, 0.15) is 16.8 Å². The number of nitrogens with zero attached hydrogens (tertiary/aromatic N) is 2. The van der Waals surface area contributed by atoms with Gasteiger partial charge in [0, 0.05) is 37.6 Å². The van der Waals surface area contributed by atoms with Crippen LogP contribution in [-0.2, 0) is 4.79 Å². The average molecular weight is 351 g/mol. The van der Waals surface area contributed by atoms with Crippen molar-refractivity contribution in [3.63, 3.8) is 0 Å². The van der Waals surface area contributed by atoms with Gasteiger partial charge in [-0.15, -0.1) is 11.8 Å². The number of aliphatic hydroxyl groups is 1. The first-order valence-electron chi connectivity index (χ1n) is 7.96. The zero-order valence-electron chi connectivity index (χ0n) is 14.4. The molecule has 2 rings (SSSR count). The van der Waals surface area contributed by atoms with Gasteiger partial charge in [-0.1, -0.05) is 0 Å². The maximum Gasteiger partial charge on any atom is 0.251 e. The van der Waals surface area contributed by atoms with Crippen molar-refractivity contribution >= 4 is 23.6 Å². The third-order valence-electron chi connectivity index (χ3n) is 4.19. The first-order valence-corrected chi connectivity index (χ1v) is 9.18. The Morgan fingerprint density at radius 1 is 1.33 bits per heavy atom. The third kappa shape index (κ3) is 4.96. The Balaban J connectivity index is 1.87. The molecule has 7 heteroatoms. The second-order valence-electron chi connectivity index (χ2n) is 6.19. The summed E-state index contributed by atoms with van der Waals surface area (Å²) in [5.74, 6) is -0.164. The summed E-state index contributed by atoms with van der Waals surface area (Å²) in [5.41, 5.74) is 0.588. The van der Waals surface area contributed by atoms with E-state index in [-0.39, 0.29) is 17.9 Å². The maximum absolute atomic E-state index is 12.3. The second-order valence-corrected chi connectivity index (χ2v) is 7.07. The zero-order chi connectivity index (χ0) is 17.7. The van der Waals surface area contributed by atoms with Crippen molar-refractivity contribution in [1.29, 1.82) is 0 Å². The van der Waals surface area contributed by atoms with Gasteiger partial charge in [0.2, 0.25) is 5.91 Å². The summed E-state index contributed by atoms with van der Waals surface area (Å²) in [6.07, 6.45) is 1.93. The van der Waals surface area contributed by atoms with Gasteiger partial charge in [-0.05, 0) is 36.9 Å². The van der Waals surface area contributed by atoms with Crippen LogP contribution in [0, 0.1) is 0 Å². The zero-order valence-corrected chi connectivity index (χ0v) is 15.2. The van der Waals surface area contributed by atoms with Crippen LogP contribution in [0.4, 0.5) is 0 Å². The smallest absolute Gasteiger partial charge is 0.251 e. The van der Waals surface area contributed by atoms with Crippen LogP contribution in [0.15, 0.2) is 29.2 Å². The van der Waals surface area contributed by atoms with Crippen LogP contribution in [0.25, 0.3) is 0 Å². The molecule has 1 heterocycles. The van der Waals surface area contributed by atoms with Gasteiger partial charge in [-0.3, -0.25) is 14.5 Å². The number of nitrogens with one attached hydrogen (secondary N) is 1. The number of amides is 2. The van der Waals surface area contributed by atoms with Crippen LogP contribution >= 0.6 is 11.8 Å². The van der Waals surface area contributed by atoms with Crippen molar-refractivity contribution in [1.82, 2.24) is 15.1 Å². The Kier molecular flexibility index (Phi) is 6.65. The minimum absolute atomic E-state index is 0.0126. The number of thioether (sulfide) groups is 1.